The first kappa shape index (κ1) is 18.1. The predicted molar refractivity (Wildman–Crippen MR) is 69.6 cm³/mol. The Balaban J connectivity index is 0.00000110. The SMILES string of the molecule is O=[C-][C@@H]1CC[C@@H]2CN1C(=O)N2OCc1ccccc1.[Na+].[OH-]. The Morgan fingerprint density at radius 1 is 1.24 bits per heavy atom. The maximum absolute atomic E-state index is 12.1. The Labute approximate surface area is 145 Å². The molecule has 1 N–H and O–H groups in total. The molecule has 108 valence electrons. The summed E-state index contributed by atoms with van der Waals surface area (Å²) in [7, 11) is 0. The molecule has 6 nitrogen and oxygen atoms in total. The largest absolute Gasteiger partial charge is 1.00 e. The number of benzene rings is 1. The number of hydroxylamine groups is 2. The van der Waals surface area contributed by atoms with E-state index in [9.17, 15) is 9.59 Å². The van der Waals surface area contributed by atoms with E-state index in [-0.39, 0.29) is 47.1 Å². The fourth-order valence-corrected chi connectivity index (χ4v) is 2.64. The van der Waals surface area contributed by atoms with E-state index in [1.54, 1.807) is 4.90 Å². The zero-order valence-electron chi connectivity index (χ0n) is 11.9. The van der Waals surface area contributed by atoms with Crippen molar-refractivity contribution in [3.05, 3.63) is 35.9 Å². The summed E-state index contributed by atoms with van der Waals surface area (Å²) >= 11 is 0. The number of carbonyl (C=O) groups is 1. The minimum atomic E-state index is -0.408. The zero-order chi connectivity index (χ0) is 13.2. The number of fused-ring (bicyclic) bond motifs is 2. The second kappa shape index (κ2) is 7.91. The number of piperidine rings is 1. The maximum Gasteiger partial charge on any atom is 1.00 e. The second-order valence-corrected chi connectivity index (χ2v) is 4.88. The standard InChI is InChI=1S/C14H15N2O3.Na.H2O/c17-9-13-7-6-12-8-15(13)14(18)16(12)19-10-11-4-2-1-3-5-11;;/h1-5,12-13H,6-8,10H2;;1H2/q-1;+1;/p-1/t12-,13+;;/m1../s1. The van der Waals surface area contributed by atoms with Crippen molar-refractivity contribution in [2.75, 3.05) is 6.54 Å². The third-order valence-corrected chi connectivity index (χ3v) is 3.67. The summed E-state index contributed by atoms with van der Waals surface area (Å²) < 4.78 is 0. The van der Waals surface area contributed by atoms with Gasteiger partial charge in [0.05, 0.1) is 6.04 Å². The maximum atomic E-state index is 12.1. The molecule has 2 saturated heterocycles. The molecule has 0 aliphatic carbocycles. The minimum Gasteiger partial charge on any atom is -0.870 e. The third kappa shape index (κ3) is 3.64. The number of hydrogen-bond donors (Lipinski definition) is 0. The molecule has 1 aromatic rings. The van der Waals surface area contributed by atoms with Gasteiger partial charge in [-0.05, 0) is 12.0 Å². The molecular weight excluding hydrogens is 283 g/mol. The van der Waals surface area contributed by atoms with Crippen molar-refractivity contribution in [2.45, 2.75) is 31.5 Å². The van der Waals surface area contributed by atoms with Gasteiger partial charge in [-0.25, -0.2) is 11.1 Å². The molecule has 2 heterocycles. The van der Waals surface area contributed by atoms with Gasteiger partial charge in [-0.1, -0.05) is 42.8 Å². The summed E-state index contributed by atoms with van der Waals surface area (Å²) in [6, 6.07) is 9.15. The molecule has 3 rings (SSSR count). The average Bonchev–Trinajstić information content (AvgIpc) is 2.71. The Morgan fingerprint density at radius 3 is 2.62 bits per heavy atom. The van der Waals surface area contributed by atoms with Crippen LogP contribution in [0.5, 0.6) is 0 Å². The molecule has 0 radical (unpaired) electrons. The van der Waals surface area contributed by atoms with Crippen molar-refractivity contribution in [3.8, 4) is 0 Å². The number of hydrogen-bond acceptors (Lipinski definition) is 4. The van der Waals surface area contributed by atoms with Crippen molar-refractivity contribution >= 4 is 12.3 Å². The number of nitrogens with zero attached hydrogens (tertiary/aromatic N) is 2. The third-order valence-electron chi connectivity index (χ3n) is 3.67. The predicted octanol–water partition coefficient (Wildman–Crippen LogP) is -1.68. The van der Waals surface area contributed by atoms with Gasteiger partial charge >= 0.3 is 35.6 Å². The smallest absolute Gasteiger partial charge is 0.870 e. The van der Waals surface area contributed by atoms with Crippen LogP contribution < -0.4 is 29.6 Å². The van der Waals surface area contributed by atoms with Crippen LogP contribution in [0.15, 0.2) is 30.3 Å². The molecular formula is C14H16N2NaO4-. The van der Waals surface area contributed by atoms with Gasteiger partial charge in [0.25, 0.3) is 0 Å². The van der Waals surface area contributed by atoms with E-state index in [1.807, 2.05) is 36.6 Å². The summed E-state index contributed by atoms with van der Waals surface area (Å²) in [5, 5.41) is 1.42. The van der Waals surface area contributed by atoms with Gasteiger partial charge in [-0.2, -0.15) is 5.06 Å². The number of rotatable bonds is 4. The molecule has 1 aromatic carbocycles. The first-order valence-corrected chi connectivity index (χ1v) is 6.44. The molecule has 2 aliphatic rings. The van der Waals surface area contributed by atoms with Crippen molar-refractivity contribution in [3.63, 3.8) is 0 Å². The molecule has 2 amide bonds. The van der Waals surface area contributed by atoms with Gasteiger partial charge in [-0.3, -0.25) is 4.84 Å². The molecule has 0 unspecified atom stereocenters. The Morgan fingerprint density at radius 2 is 1.95 bits per heavy atom. The van der Waals surface area contributed by atoms with Crippen molar-refractivity contribution < 1.29 is 49.5 Å². The summed E-state index contributed by atoms with van der Waals surface area (Å²) in [5.74, 6) is 0. The summed E-state index contributed by atoms with van der Waals surface area (Å²) in [4.78, 5) is 30.1. The molecule has 2 fully saturated rings. The van der Waals surface area contributed by atoms with Gasteiger partial charge in [-0.15, -0.1) is 0 Å². The first-order chi connectivity index (χ1) is 9.29. The molecule has 7 heteroatoms. The summed E-state index contributed by atoms with van der Waals surface area (Å²) in [5.41, 5.74) is 1.02. The fraction of sp³-hybridized carbons (Fsp3) is 0.429. The van der Waals surface area contributed by atoms with Crippen LogP contribution in [0.2, 0.25) is 0 Å². The monoisotopic (exact) mass is 299 g/mol. The average molecular weight is 299 g/mol. The van der Waals surface area contributed by atoms with Crippen molar-refractivity contribution in [1.29, 1.82) is 0 Å². The number of urea groups is 1. The zero-order valence-corrected chi connectivity index (χ0v) is 13.9. The topological polar surface area (TPSA) is 79.9 Å². The Kier molecular flexibility index (Phi) is 6.83. The fourth-order valence-electron chi connectivity index (χ4n) is 2.64. The van der Waals surface area contributed by atoms with Crippen LogP contribution in [0.1, 0.15) is 18.4 Å². The van der Waals surface area contributed by atoms with E-state index < -0.39 is 6.04 Å². The van der Waals surface area contributed by atoms with Gasteiger partial charge in [0.2, 0.25) is 0 Å². The molecule has 2 atom stereocenters. The van der Waals surface area contributed by atoms with Crippen LogP contribution >= 0.6 is 0 Å². The van der Waals surface area contributed by atoms with Crippen LogP contribution in [0, 0.1) is 0 Å². The second-order valence-electron chi connectivity index (χ2n) is 4.88. The van der Waals surface area contributed by atoms with Crippen LogP contribution in [0.4, 0.5) is 4.79 Å². The molecule has 0 saturated carbocycles. The Bertz CT molecular complexity index is 485. The van der Waals surface area contributed by atoms with Gasteiger partial charge in [0.15, 0.2) is 0 Å². The van der Waals surface area contributed by atoms with Crippen LogP contribution in [-0.2, 0) is 16.2 Å². The molecule has 0 spiro atoms. The van der Waals surface area contributed by atoms with E-state index in [2.05, 4.69) is 0 Å². The van der Waals surface area contributed by atoms with E-state index in [1.165, 1.54) is 5.06 Å². The van der Waals surface area contributed by atoms with Gasteiger partial charge in [0.1, 0.15) is 6.61 Å². The van der Waals surface area contributed by atoms with E-state index in [0.29, 0.717) is 19.6 Å². The number of amides is 2. The van der Waals surface area contributed by atoms with Crippen LogP contribution in [0.25, 0.3) is 0 Å². The van der Waals surface area contributed by atoms with Gasteiger partial charge < -0.3 is 15.2 Å². The van der Waals surface area contributed by atoms with E-state index in [0.717, 1.165) is 12.0 Å². The van der Waals surface area contributed by atoms with E-state index in [4.69, 9.17) is 4.84 Å². The van der Waals surface area contributed by atoms with Crippen molar-refractivity contribution in [1.82, 2.24) is 9.96 Å². The molecule has 0 aromatic heterocycles. The number of carbonyl (C=O) groups excluding carboxylic acids is 2. The van der Waals surface area contributed by atoms with Crippen LogP contribution in [0.3, 0.4) is 0 Å². The minimum absolute atomic E-state index is 0. The first-order valence-electron chi connectivity index (χ1n) is 6.44. The molecule has 2 bridgehead atoms. The quantitative estimate of drug-likeness (QED) is 0.491. The van der Waals surface area contributed by atoms with Gasteiger partial charge in [0, 0.05) is 6.54 Å². The Hall–Kier alpha value is -0.920. The van der Waals surface area contributed by atoms with Crippen molar-refractivity contribution in [2.24, 2.45) is 0 Å². The molecule has 21 heavy (non-hydrogen) atoms. The molecule has 2 aliphatic heterocycles. The summed E-state index contributed by atoms with van der Waals surface area (Å²) in [6.45, 7) is 0.930. The normalized spacial score (nSPS) is 23.3. The van der Waals surface area contributed by atoms with Crippen LogP contribution in [-0.4, -0.2) is 46.4 Å². The van der Waals surface area contributed by atoms with E-state index >= 15 is 0 Å². The summed E-state index contributed by atoms with van der Waals surface area (Å²) in [6.07, 6.45) is 3.39.